The van der Waals surface area contributed by atoms with Gasteiger partial charge < -0.3 is 25.3 Å². The normalized spacial score (nSPS) is 10.9. The molecule has 0 aliphatic heterocycles. The monoisotopic (exact) mass is 447 g/mol. The van der Waals surface area contributed by atoms with E-state index in [4.69, 9.17) is 4.74 Å². The molecule has 0 saturated heterocycles. The van der Waals surface area contributed by atoms with Crippen molar-refractivity contribution >= 4 is 33.9 Å². The van der Waals surface area contributed by atoms with Crippen LogP contribution in [0.25, 0.3) is 22.2 Å². The largest absolute Gasteiger partial charge is 0.494 e. The molecule has 2 aromatic carbocycles. The Morgan fingerprint density at radius 2 is 1.97 bits per heavy atom. The number of methoxy groups -OCH3 is 1. The lowest BCUT2D eigenvalue weighted by atomic mass is 10.1. The molecule has 10 heteroatoms. The molecule has 0 fully saturated rings. The summed E-state index contributed by atoms with van der Waals surface area (Å²) in [6.45, 7) is 1.19. The first-order valence-corrected chi connectivity index (χ1v) is 10.4. The van der Waals surface area contributed by atoms with Crippen LogP contribution in [0.4, 0.5) is 23.0 Å². The zero-order chi connectivity index (χ0) is 23.4. The smallest absolute Gasteiger partial charge is 0.294 e. The van der Waals surface area contributed by atoms with Gasteiger partial charge in [0.15, 0.2) is 0 Å². The van der Waals surface area contributed by atoms with E-state index in [9.17, 15) is 10.1 Å². The molecule has 0 amide bonds. The average molecular weight is 447 g/mol. The van der Waals surface area contributed by atoms with Crippen molar-refractivity contribution in [2.75, 3.05) is 37.9 Å². The number of aromatic nitrogens is 3. The summed E-state index contributed by atoms with van der Waals surface area (Å²) in [5.74, 6) is 0.746. The molecule has 0 unspecified atom stereocenters. The molecule has 170 valence electrons. The molecule has 2 heterocycles. The molecule has 0 spiro atoms. The van der Waals surface area contributed by atoms with Gasteiger partial charge in [-0.2, -0.15) is 0 Å². The molecule has 0 aliphatic carbocycles. The molecule has 0 aliphatic rings. The number of anilines is 3. The zero-order valence-corrected chi connectivity index (χ0v) is 18.6. The van der Waals surface area contributed by atoms with Crippen molar-refractivity contribution in [2.24, 2.45) is 7.05 Å². The molecule has 4 aromatic rings. The number of aryl methyl sites for hydroxylation is 1. The first kappa shape index (κ1) is 22.0. The third-order valence-electron chi connectivity index (χ3n) is 5.28. The van der Waals surface area contributed by atoms with Gasteiger partial charge in [0.2, 0.25) is 5.95 Å². The van der Waals surface area contributed by atoms with Crippen LogP contribution in [0.3, 0.4) is 0 Å². The van der Waals surface area contributed by atoms with Crippen LogP contribution in [0.2, 0.25) is 0 Å². The molecule has 4 rings (SSSR count). The van der Waals surface area contributed by atoms with Crippen molar-refractivity contribution in [3.05, 3.63) is 65.0 Å². The minimum atomic E-state index is -0.431. The maximum atomic E-state index is 11.7. The maximum Gasteiger partial charge on any atom is 0.294 e. The second-order valence-electron chi connectivity index (χ2n) is 7.42. The summed E-state index contributed by atoms with van der Waals surface area (Å²) in [7, 11) is 5.31. The van der Waals surface area contributed by atoms with Gasteiger partial charge in [-0.25, -0.2) is 9.97 Å². The second kappa shape index (κ2) is 9.53. The van der Waals surface area contributed by atoms with E-state index in [0.29, 0.717) is 36.2 Å². The fourth-order valence-corrected chi connectivity index (χ4v) is 3.68. The Labute approximate surface area is 190 Å². The minimum absolute atomic E-state index is 0.0698. The summed E-state index contributed by atoms with van der Waals surface area (Å²) in [6, 6.07) is 12.9. The summed E-state index contributed by atoms with van der Waals surface area (Å²) < 4.78 is 7.52. The Balaban J connectivity index is 1.69. The lowest BCUT2D eigenvalue weighted by molar-refractivity contribution is -0.383. The zero-order valence-electron chi connectivity index (χ0n) is 18.6. The summed E-state index contributed by atoms with van der Waals surface area (Å²) in [5, 5.41) is 21.9. The lowest BCUT2D eigenvalue weighted by Gasteiger charge is -2.14. The van der Waals surface area contributed by atoms with Crippen LogP contribution in [0.5, 0.6) is 5.75 Å². The number of ether oxygens (including phenoxy) is 1. The molecule has 2 aromatic heterocycles. The summed E-state index contributed by atoms with van der Waals surface area (Å²) in [6.07, 6.45) is 3.68. The third kappa shape index (κ3) is 4.55. The van der Waals surface area contributed by atoms with Gasteiger partial charge in [0.05, 0.1) is 23.4 Å². The highest BCUT2D eigenvalue weighted by Crippen LogP contribution is 2.37. The highest BCUT2D eigenvalue weighted by Gasteiger charge is 2.20. The molecule has 0 radical (unpaired) electrons. The molecular weight excluding hydrogens is 422 g/mol. The highest BCUT2D eigenvalue weighted by atomic mass is 16.6. The van der Waals surface area contributed by atoms with E-state index in [-0.39, 0.29) is 5.69 Å². The van der Waals surface area contributed by atoms with E-state index in [1.807, 2.05) is 49.1 Å². The summed E-state index contributed by atoms with van der Waals surface area (Å²) in [5.41, 5.74) is 3.52. The minimum Gasteiger partial charge on any atom is -0.494 e. The van der Waals surface area contributed by atoms with Crippen molar-refractivity contribution in [3.63, 3.8) is 0 Å². The number of nitrogens with one attached hydrogen (secondary N) is 3. The van der Waals surface area contributed by atoms with Gasteiger partial charge in [0.25, 0.3) is 5.69 Å². The van der Waals surface area contributed by atoms with Crippen molar-refractivity contribution in [3.8, 4) is 17.0 Å². The highest BCUT2D eigenvalue weighted by molar-refractivity contribution is 5.95. The number of para-hydroxylation sites is 1. The Hall–Kier alpha value is -4.18. The van der Waals surface area contributed by atoms with Crippen LogP contribution < -0.4 is 20.7 Å². The number of nitro benzene ring substituents is 1. The van der Waals surface area contributed by atoms with E-state index in [1.165, 1.54) is 13.2 Å². The van der Waals surface area contributed by atoms with Gasteiger partial charge in [0, 0.05) is 61.1 Å². The second-order valence-corrected chi connectivity index (χ2v) is 7.42. The van der Waals surface area contributed by atoms with Crippen LogP contribution >= 0.6 is 0 Å². The van der Waals surface area contributed by atoms with Crippen LogP contribution in [0.15, 0.2) is 54.9 Å². The van der Waals surface area contributed by atoms with Gasteiger partial charge in [-0.1, -0.05) is 18.2 Å². The summed E-state index contributed by atoms with van der Waals surface area (Å²) >= 11 is 0. The quantitative estimate of drug-likeness (QED) is 0.201. The van der Waals surface area contributed by atoms with Crippen LogP contribution in [0.1, 0.15) is 0 Å². The lowest BCUT2D eigenvalue weighted by Crippen LogP contribution is -2.18. The van der Waals surface area contributed by atoms with Crippen LogP contribution in [-0.4, -0.2) is 46.7 Å². The van der Waals surface area contributed by atoms with Crippen molar-refractivity contribution in [1.82, 2.24) is 19.9 Å². The van der Waals surface area contributed by atoms with Gasteiger partial charge in [0.1, 0.15) is 11.4 Å². The fourth-order valence-electron chi connectivity index (χ4n) is 3.68. The Morgan fingerprint density at radius 1 is 1.15 bits per heavy atom. The Bertz CT molecular complexity index is 1300. The molecule has 10 nitrogen and oxygen atoms in total. The van der Waals surface area contributed by atoms with Crippen molar-refractivity contribution in [1.29, 1.82) is 0 Å². The third-order valence-corrected chi connectivity index (χ3v) is 5.28. The predicted molar refractivity (Wildman–Crippen MR) is 129 cm³/mol. The van der Waals surface area contributed by atoms with E-state index >= 15 is 0 Å². The first-order valence-electron chi connectivity index (χ1n) is 10.4. The molecule has 33 heavy (non-hydrogen) atoms. The number of nitrogens with zero attached hydrogens (tertiary/aromatic N) is 4. The Morgan fingerprint density at radius 3 is 2.73 bits per heavy atom. The van der Waals surface area contributed by atoms with Crippen LogP contribution in [-0.2, 0) is 7.05 Å². The maximum absolute atomic E-state index is 11.7. The van der Waals surface area contributed by atoms with E-state index < -0.39 is 4.92 Å². The van der Waals surface area contributed by atoms with Crippen LogP contribution in [0, 0.1) is 10.1 Å². The Kier molecular flexibility index (Phi) is 6.36. The topological polar surface area (TPSA) is 119 Å². The number of hydrogen-bond acceptors (Lipinski definition) is 8. The molecule has 0 atom stereocenters. The number of rotatable bonds is 9. The van der Waals surface area contributed by atoms with E-state index in [0.717, 1.165) is 22.2 Å². The molecule has 3 N–H and O–H groups in total. The first-order chi connectivity index (χ1) is 16.0. The van der Waals surface area contributed by atoms with Crippen molar-refractivity contribution < 1.29 is 9.66 Å². The predicted octanol–water partition coefficient (Wildman–Crippen LogP) is 3.93. The van der Waals surface area contributed by atoms with Gasteiger partial charge in [-0.05, 0) is 19.2 Å². The average Bonchev–Trinajstić information content (AvgIpc) is 3.16. The SMILES string of the molecule is CNCCNc1cc(OC)c(Nc2nccc(-c3cn(C)c4ccccc34)n2)cc1[N+](=O)[O-]. The van der Waals surface area contributed by atoms with Gasteiger partial charge in [-0.3, -0.25) is 10.1 Å². The van der Waals surface area contributed by atoms with Gasteiger partial charge in [-0.15, -0.1) is 0 Å². The van der Waals surface area contributed by atoms with Gasteiger partial charge >= 0.3 is 0 Å². The standard InChI is InChI=1S/C23H25N7O3/c1-24-10-11-25-18-13-22(33-3)19(12-21(18)30(31)32)28-23-26-9-8-17(27-23)16-14-29(2)20-7-5-4-6-15(16)20/h4-9,12-14,24-25H,10-11H2,1-3H3,(H,26,27,28). The number of benzene rings is 2. The fraction of sp³-hybridized carbons (Fsp3) is 0.217. The van der Waals surface area contributed by atoms with E-state index in [2.05, 4.69) is 32.0 Å². The number of hydrogen-bond donors (Lipinski definition) is 3. The van der Waals surface area contributed by atoms with Crippen molar-refractivity contribution in [2.45, 2.75) is 0 Å². The molecule has 0 saturated carbocycles. The number of nitro groups is 1. The summed E-state index contributed by atoms with van der Waals surface area (Å²) in [4.78, 5) is 20.2. The number of fused-ring (bicyclic) bond motifs is 1. The van der Waals surface area contributed by atoms with E-state index in [1.54, 1.807) is 12.3 Å². The molecule has 0 bridgehead atoms. The molecular formula is C23H25N7O3. The number of likely N-dealkylation sites (N-methyl/N-ethyl adjacent to an activating group) is 1.